The maximum atomic E-state index is 12.3. The molecule has 0 heterocycles. The van der Waals surface area contributed by atoms with E-state index in [0.717, 1.165) is 24.3 Å². The van der Waals surface area contributed by atoms with Gasteiger partial charge in [0.15, 0.2) is 11.5 Å². The minimum Gasteiger partial charge on any atom is -0.483 e. The van der Waals surface area contributed by atoms with E-state index in [2.05, 4.69) is 4.74 Å². The van der Waals surface area contributed by atoms with Crippen molar-refractivity contribution in [2.45, 2.75) is 11.1 Å². The summed E-state index contributed by atoms with van der Waals surface area (Å²) >= 11 is 0. The molecule has 0 aromatic heterocycles. The summed E-state index contributed by atoms with van der Waals surface area (Å²) in [5.41, 5.74) is -1.25. The lowest BCUT2D eigenvalue weighted by Gasteiger charge is -2.13. The van der Waals surface area contributed by atoms with Crippen LogP contribution in [0.5, 0.6) is 5.75 Å². The highest BCUT2D eigenvalue weighted by Gasteiger charge is 2.31. The van der Waals surface area contributed by atoms with Gasteiger partial charge in [-0.2, -0.15) is 13.2 Å². The predicted octanol–water partition coefficient (Wildman–Crippen LogP) is 2.65. The molecule has 8 nitrogen and oxygen atoms in total. The minimum atomic E-state index is -4.67. The van der Waals surface area contributed by atoms with E-state index in [9.17, 15) is 36.5 Å². The van der Waals surface area contributed by atoms with Crippen LogP contribution in [-0.4, -0.2) is 32.0 Å². The van der Waals surface area contributed by atoms with Crippen LogP contribution in [0.4, 0.5) is 18.9 Å². The van der Waals surface area contributed by atoms with Gasteiger partial charge in [-0.25, -0.2) is 13.1 Å². The Labute approximate surface area is 150 Å². The first kappa shape index (κ1) is 20.2. The molecule has 0 bridgehead atoms. The van der Waals surface area contributed by atoms with Crippen molar-refractivity contribution in [1.82, 2.24) is 4.72 Å². The predicted molar refractivity (Wildman–Crippen MR) is 85.7 cm³/mol. The van der Waals surface area contributed by atoms with Crippen LogP contribution >= 0.6 is 0 Å². The van der Waals surface area contributed by atoms with E-state index in [1.165, 1.54) is 24.3 Å². The van der Waals surface area contributed by atoms with Gasteiger partial charge in [0.1, 0.15) is 5.75 Å². The summed E-state index contributed by atoms with van der Waals surface area (Å²) in [7, 11) is -4.66. The van der Waals surface area contributed by atoms with E-state index in [1.54, 1.807) is 4.72 Å². The fraction of sp³-hybridized carbons (Fsp3) is 0.133. The Kier molecular flexibility index (Phi) is 5.69. The number of nitro groups is 1. The second-order valence-electron chi connectivity index (χ2n) is 5.06. The van der Waals surface area contributed by atoms with Gasteiger partial charge in [0.2, 0.25) is 0 Å². The Balaban J connectivity index is 2.31. The highest BCUT2D eigenvalue weighted by atomic mass is 32.2. The lowest BCUT2D eigenvalue weighted by molar-refractivity contribution is -0.387. The van der Waals surface area contributed by atoms with E-state index in [-0.39, 0.29) is 0 Å². The molecule has 0 saturated heterocycles. The minimum absolute atomic E-state index is 0.482. The molecule has 27 heavy (non-hydrogen) atoms. The molecule has 0 unspecified atom stereocenters. The Morgan fingerprint density at radius 3 is 2.33 bits per heavy atom. The third kappa shape index (κ3) is 5.17. The number of alkyl halides is 3. The summed E-state index contributed by atoms with van der Waals surface area (Å²) in [6, 6.07) is 8.98. The lowest BCUT2D eigenvalue weighted by atomic mass is 10.2. The number of para-hydroxylation sites is 2. The zero-order valence-electron chi connectivity index (χ0n) is 13.3. The molecule has 2 aromatic rings. The van der Waals surface area contributed by atoms with Crippen molar-refractivity contribution in [3.8, 4) is 5.75 Å². The standard InChI is InChI=1S/C15H11F3N2O6S/c16-15(17,18)9-26-12-7-3-1-5-10(12)14(21)19-27(24,25)13-8-4-2-6-11(13)20(22)23/h1-8H,9H2,(H,19,21). The SMILES string of the molecule is O=C(NS(=O)(=O)c1ccccc1[N+](=O)[O-])c1ccccc1OCC(F)(F)F. The van der Waals surface area contributed by atoms with Crippen molar-refractivity contribution in [1.29, 1.82) is 0 Å². The average molecular weight is 404 g/mol. The first-order chi connectivity index (χ1) is 12.5. The number of ether oxygens (including phenoxy) is 1. The van der Waals surface area contributed by atoms with Crippen molar-refractivity contribution < 1.29 is 36.0 Å². The van der Waals surface area contributed by atoms with Crippen LogP contribution in [0.25, 0.3) is 0 Å². The number of hydrogen-bond acceptors (Lipinski definition) is 6. The summed E-state index contributed by atoms with van der Waals surface area (Å²) in [6.45, 7) is -1.69. The zero-order chi connectivity index (χ0) is 20.2. The molecule has 2 rings (SSSR count). The van der Waals surface area contributed by atoms with E-state index >= 15 is 0 Å². The third-order valence-electron chi connectivity index (χ3n) is 3.10. The van der Waals surface area contributed by atoms with E-state index in [1.807, 2.05) is 0 Å². The molecule has 2 aromatic carbocycles. The molecule has 0 aliphatic rings. The number of halogens is 3. The van der Waals surface area contributed by atoms with Crippen LogP contribution in [0.3, 0.4) is 0 Å². The molecule has 12 heteroatoms. The number of rotatable bonds is 6. The summed E-state index contributed by atoms with van der Waals surface area (Å²) in [6.07, 6.45) is -4.67. The molecule has 1 N–H and O–H groups in total. The molecule has 0 saturated carbocycles. The Morgan fingerprint density at radius 2 is 1.70 bits per heavy atom. The summed E-state index contributed by atoms with van der Waals surface area (Å²) < 4.78 is 67.6. The van der Waals surface area contributed by atoms with Crippen molar-refractivity contribution in [3.05, 3.63) is 64.2 Å². The number of hydrogen-bond donors (Lipinski definition) is 1. The molecule has 0 fully saturated rings. The maximum absolute atomic E-state index is 12.3. The smallest absolute Gasteiger partial charge is 0.422 e. The van der Waals surface area contributed by atoms with Gasteiger partial charge in [-0.15, -0.1) is 0 Å². The van der Waals surface area contributed by atoms with Crippen molar-refractivity contribution in [2.24, 2.45) is 0 Å². The Morgan fingerprint density at radius 1 is 1.11 bits per heavy atom. The third-order valence-corrected chi connectivity index (χ3v) is 4.48. The molecule has 0 aliphatic carbocycles. The quantitative estimate of drug-likeness (QED) is 0.585. The Hall–Kier alpha value is -3.15. The second kappa shape index (κ2) is 7.61. The second-order valence-corrected chi connectivity index (χ2v) is 6.71. The molecule has 0 spiro atoms. The average Bonchev–Trinajstić information content (AvgIpc) is 2.59. The number of benzene rings is 2. The number of nitro benzene ring substituents is 1. The molecular weight excluding hydrogens is 393 g/mol. The molecule has 0 aliphatic heterocycles. The van der Waals surface area contributed by atoms with E-state index in [0.29, 0.717) is 0 Å². The van der Waals surface area contributed by atoms with Gasteiger partial charge in [-0.05, 0) is 18.2 Å². The summed E-state index contributed by atoms with van der Waals surface area (Å²) in [4.78, 5) is 21.5. The van der Waals surface area contributed by atoms with Gasteiger partial charge in [-0.1, -0.05) is 24.3 Å². The first-order valence-electron chi connectivity index (χ1n) is 7.10. The van der Waals surface area contributed by atoms with Crippen molar-refractivity contribution in [3.63, 3.8) is 0 Å². The van der Waals surface area contributed by atoms with Gasteiger partial charge in [0.25, 0.3) is 21.6 Å². The van der Waals surface area contributed by atoms with Gasteiger partial charge in [0, 0.05) is 6.07 Å². The van der Waals surface area contributed by atoms with E-state index < -0.39 is 55.5 Å². The highest BCUT2D eigenvalue weighted by molar-refractivity contribution is 7.90. The van der Waals surface area contributed by atoms with Crippen LogP contribution in [0.1, 0.15) is 10.4 Å². The molecule has 1 amide bonds. The fourth-order valence-electron chi connectivity index (χ4n) is 2.01. The topological polar surface area (TPSA) is 116 Å². The van der Waals surface area contributed by atoms with Crippen LogP contribution in [-0.2, 0) is 10.0 Å². The maximum Gasteiger partial charge on any atom is 0.422 e. The van der Waals surface area contributed by atoms with E-state index in [4.69, 9.17) is 0 Å². The molecule has 0 atom stereocenters. The van der Waals surface area contributed by atoms with Crippen LogP contribution in [0, 0.1) is 10.1 Å². The highest BCUT2D eigenvalue weighted by Crippen LogP contribution is 2.25. The van der Waals surface area contributed by atoms with Gasteiger partial charge < -0.3 is 4.74 Å². The van der Waals surface area contributed by atoms with Crippen LogP contribution in [0.2, 0.25) is 0 Å². The number of nitrogens with zero attached hydrogens (tertiary/aromatic N) is 1. The number of carbonyl (C=O) groups is 1. The van der Waals surface area contributed by atoms with Gasteiger partial charge in [-0.3, -0.25) is 14.9 Å². The number of nitrogens with one attached hydrogen (secondary N) is 1. The fourth-order valence-corrected chi connectivity index (χ4v) is 3.15. The number of carbonyl (C=O) groups excluding carboxylic acids is 1. The number of amides is 1. The van der Waals surface area contributed by atoms with Gasteiger partial charge in [0.05, 0.1) is 10.5 Å². The summed E-state index contributed by atoms with van der Waals surface area (Å²) in [5.74, 6) is -1.80. The molecular formula is C15H11F3N2O6S. The summed E-state index contributed by atoms with van der Waals surface area (Å²) in [5, 5.41) is 11.0. The monoisotopic (exact) mass is 404 g/mol. The molecule has 0 radical (unpaired) electrons. The van der Waals surface area contributed by atoms with Crippen molar-refractivity contribution >= 4 is 21.6 Å². The van der Waals surface area contributed by atoms with Crippen LogP contribution < -0.4 is 9.46 Å². The van der Waals surface area contributed by atoms with Crippen molar-refractivity contribution in [2.75, 3.05) is 6.61 Å². The van der Waals surface area contributed by atoms with Crippen LogP contribution in [0.15, 0.2) is 53.4 Å². The largest absolute Gasteiger partial charge is 0.483 e. The Bertz CT molecular complexity index is 976. The van der Waals surface area contributed by atoms with Gasteiger partial charge >= 0.3 is 6.18 Å². The lowest BCUT2D eigenvalue weighted by Crippen LogP contribution is -2.31. The number of sulfonamides is 1. The first-order valence-corrected chi connectivity index (χ1v) is 8.59. The zero-order valence-corrected chi connectivity index (χ0v) is 14.1. The normalized spacial score (nSPS) is 11.7. The molecule has 144 valence electrons.